The molecule has 0 aliphatic carbocycles. The van der Waals surface area contributed by atoms with E-state index in [4.69, 9.17) is 4.42 Å². The molecular formula is C22H25N3O3. The molecule has 6 nitrogen and oxygen atoms in total. The number of carbonyl (C=O) groups is 1. The minimum atomic E-state index is -0.643. The van der Waals surface area contributed by atoms with Gasteiger partial charge in [-0.2, -0.15) is 4.68 Å². The number of hydrogen-bond donors (Lipinski definition) is 0. The summed E-state index contributed by atoms with van der Waals surface area (Å²) in [5.41, 5.74) is 3.05. The van der Waals surface area contributed by atoms with E-state index >= 15 is 0 Å². The van der Waals surface area contributed by atoms with Gasteiger partial charge in [-0.05, 0) is 28.7 Å². The average Bonchev–Trinajstić information content (AvgIpc) is 3.02. The van der Waals surface area contributed by atoms with Crippen molar-refractivity contribution in [3.63, 3.8) is 0 Å². The first-order valence-electron chi connectivity index (χ1n) is 9.21. The molecule has 0 radical (unpaired) electrons. The molecule has 28 heavy (non-hydrogen) atoms. The number of nitrogens with zero attached hydrogens (tertiary/aromatic N) is 3. The summed E-state index contributed by atoms with van der Waals surface area (Å²) in [4.78, 5) is 26.1. The molecule has 3 rings (SSSR count). The number of carbonyl (C=O) groups excluding carboxylic acids is 1. The van der Waals surface area contributed by atoms with Gasteiger partial charge in [0.15, 0.2) is 0 Å². The van der Waals surface area contributed by atoms with E-state index in [1.54, 1.807) is 24.1 Å². The highest BCUT2D eigenvalue weighted by Crippen LogP contribution is 2.22. The molecule has 0 aliphatic heterocycles. The van der Waals surface area contributed by atoms with Gasteiger partial charge in [0.05, 0.1) is 0 Å². The molecule has 0 spiro atoms. The molecule has 0 N–H and O–H groups in total. The molecule has 2 aromatic carbocycles. The SMILES string of the molecule is CN(Cc1ccc(C(C)(C)C)cc1)C(=O)Cn1nc(-c2ccccc2)oc1=O. The first-order valence-corrected chi connectivity index (χ1v) is 9.21. The van der Waals surface area contributed by atoms with Crippen LogP contribution in [-0.2, 0) is 23.3 Å². The highest BCUT2D eigenvalue weighted by molar-refractivity contribution is 5.75. The van der Waals surface area contributed by atoms with Gasteiger partial charge in [0.2, 0.25) is 11.8 Å². The lowest BCUT2D eigenvalue weighted by Gasteiger charge is -2.20. The summed E-state index contributed by atoms with van der Waals surface area (Å²) in [5.74, 6) is -0.649. The highest BCUT2D eigenvalue weighted by atomic mass is 16.4. The molecule has 0 atom stereocenters. The minimum absolute atomic E-state index is 0.0881. The smallest absolute Gasteiger partial charge is 0.388 e. The molecule has 0 unspecified atom stereocenters. The van der Waals surface area contributed by atoms with E-state index in [0.29, 0.717) is 12.1 Å². The van der Waals surface area contributed by atoms with E-state index in [-0.39, 0.29) is 23.8 Å². The maximum absolute atomic E-state index is 12.5. The van der Waals surface area contributed by atoms with Crippen molar-refractivity contribution in [2.45, 2.75) is 39.3 Å². The van der Waals surface area contributed by atoms with Gasteiger partial charge in [-0.1, -0.05) is 63.2 Å². The highest BCUT2D eigenvalue weighted by Gasteiger charge is 2.17. The van der Waals surface area contributed by atoms with Crippen LogP contribution in [0.5, 0.6) is 0 Å². The second-order valence-corrected chi connectivity index (χ2v) is 7.89. The largest absolute Gasteiger partial charge is 0.437 e. The van der Waals surface area contributed by atoms with Crippen LogP contribution < -0.4 is 5.76 Å². The van der Waals surface area contributed by atoms with E-state index in [1.807, 2.05) is 30.3 Å². The van der Waals surface area contributed by atoms with Crippen molar-refractivity contribution in [3.05, 3.63) is 76.3 Å². The Kier molecular flexibility index (Phi) is 5.49. The van der Waals surface area contributed by atoms with E-state index in [1.165, 1.54) is 5.56 Å². The monoisotopic (exact) mass is 379 g/mol. The summed E-state index contributed by atoms with van der Waals surface area (Å²) in [6.45, 7) is 6.79. The fourth-order valence-corrected chi connectivity index (χ4v) is 2.82. The Morgan fingerprint density at radius 3 is 2.32 bits per heavy atom. The van der Waals surface area contributed by atoms with E-state index < -0.39 is 5.76 Å². The van der Waals surface area contributed by atoms with E-state index in [0.717, 1.165) is 10.2 Å². The summed E-state index contributed by atoms with van der Waals surface area (Å²) >= 11 is 0. The lowest BCUT2D eigenvalue weighted by Crippen LogP contribution is -2.33. The van der Waals surface area contributed by atoms with E-state index in [2.05, 4.69) is 38.0 Å². The topological polar surface area (TPSA) is 68.3 Å². The standard InChI is InChI=1S/C22H25N3O3/c1-22(2,3)18-12-10-16(11-13-18)14-24(4)19(26)15-25-21(27)28-20(23-25)17-8-6-5-7-9-17/h5-13H,14-15H2,1-4H3. The fraction of sp³-hybridized carbons (Fsp3) is 0.318. The van der Waals surface area contributed by atoms with Crippen molar-refractivity contribution in [2.75, 3.05) is 7.05 Å². The van der Waals surface area contributed by atoms with Crippen molar-refractivity contribution in [1.82, 2.24) is 14.7 Å². The van der Waals surface area contributed by atoms with Crippen LogP contribution in [0.25, 0.3) is 11.5 Å². The first kappa shape index (κ1) is 19.6. The molecule has 0 saturated carbocycles. The molecule has 0 fully saturated rings. The normalized spacial score (nSPS) is 11.4. The third kappa shape index (κ3) is 4.57. The third-order valence-corrected chi connectivity index (χ3v) is 4.58. The second kappa shape index (κ2) is 7.84. The molecule has 0 aliphatic rings. The van der Waals surface area contributed by atoms with Crippen molar-refractivity contribution in [2.24, 2.45) is 0 Å². The fourth-order valence-electron chi connectivity index (χ4n) is 2.82. The molecule has 3 aromatic rings. The van der Waals surface area contributed by atoms with Gasteiger partial charge in [-0.15, -0.1) is 5.10 Å². The Labute approximate surface area is 164 Å². The molecule has 1 aromatic heterocycles. The summed E-state index contributed by atoms with van der Waals surface area (Å²) in [5, 5.41) is 4.14. The predicted octanol–water partition coefficient (Wildman–Crippen LogP) is 3.46. The van der Waals surface area contributed by atoms with Gasteiger partial charge < -0.3 is 9.32 Å². The van der Waals surface area contributed by atoms with Crippen LogP contribution in [0.2, 0.25) is 0 Å². The van der Waals surface area contributed by atoms with Crippen LogP contribution in [-0.4, -0.2) is 27.6 Å². The average molecular weight is 379 g/mol. The van der Waals surface area contributed by atoms with Gasteiger partial charge in [-0.25, -0.2) is 4.79 Å². The Morgan fingerprint density at radius 1 is 1.07 bits per heavy atom. The Balaban J connectivity index is 1.66. The van der Waals surface area contributed by atoms with Crippen molar-refractivity contribution < 1.29 is 9.21 Å². The Hall–Kier alpha value is -3.15. The summed E-state index contributed by atoms with van der Waals surface area (Å²) < 4.78 is 6.23. The zero-order valence-corrected chi connectivity index (χ0v) is 16.7. The van der Waals surface area contributed by atoms with Crippen LogP contribution in [0.3, 0.4) is 0 Å². The van der Waals surface area contributed by atoms with Gasteiger partial charge in [0, 0.05) is 19.2 Å². The quantitative estimate of drug-likeness (QED) is 0.681. The van der Waals surface area contributed by atoms with Gasteiger partial charge >= 0.3 is 5.76 Å². The summed E-state index contributed by atoms with van der Waals surface area (Å²) in [6.07, 6.45) is 0. The van der Waals surface area contributed by atoms with Crippen LogP contribution in [0.15, 0.2) is 63.8 Å². The molecule has 1 amide bonds. The summed E-state index contributed by atoms with van der Waals surface area (Å²) in [6, 6.07) is 17.3. The van der Waals surface area contributed by atoms with Crippen molar-refractivity contribution >= 4 is 5.91 Å². The maximum Gasteiger partial charge on any atom is 0.437 e. The molecule has 1 heterocycles. The summed E-state index contributed by atoms with van der Waals surface area (Å²) in [7, 11) is 1.71. The number of rotatable bonds is 5. The zero-order chi connectivity index (χ0) is 20.3. The molecular weight excluding hydrogens is 354 g/mol. The third-order valence-electron chi connectivity index (χ3n) is 4.58. The molecule has 146 valence electrons. The Bertz CT molecular complexity index is 996. The minimum Gasteiger partial charge on any atom is -0.388 e. The van der Waals surface area contributed by atoms with Crippen LogP contribution >= 0.6 is 0 Å². The first-order chi connectivity index (χ1) is 13.2. The number of likely N-dealkylation sites (N-methyl/N-ethyl adjacent to an activating group) is 1. The van der Waals surface area contributed by atoms with Crippen LogP contribution in [0.1, 0.15) is 31.9 Å². The lowest BCUT2D eigenvalue weighted by atomic mass is 9.87. The second-order valence-electron chi connectivity index (χ2n) is 7.89. The lowest BCUT2D eigenvalue weighted by molar-refractivity contribution is -0.131. The van der Waals surface area contributed by atoms with Gasteiger partial charge in [-0.3, -0.25) is 4.79 Å². The van der Waals surface area contributed by atoms with Crippen LogP contribution in [0.4, 0.5) is 0 Å². The number of benzene rings is 2. The van der Waals surface area contributed by atoms with Gasteiger partial charge in [0.25, 0.3) is 0 Å². The molecule has 0 saturated heterocycles. The maximum atomic E-state index is 12.5. The van der Waals surface area contributed by atoms with Crippen molar-refractivity contribution in [1.29, 1.82) is 0 Å². The number of hydrogen-bond acceptors (Lipinski definition) is 4. The zero-order valence-electron chi connectivity index (χ0n) is 16.7. The van der Waals surface area contributed by atoms with Gasteiger partial charge in [0.1, 0.15) is 6.54 Å². The molecule has 0 bridgehead atoms. The molecule has 6 heteroatoms. The van der Waals surface area contributed by atoms with Crippen molar-refractivity contribution in [3.8, 4) is 11.5 Å². The van der Waals surface area contributed by atoms with Crippen LogP contribution in [0, 0.1) is 0 Å². The Morgan fingerprint density at radius 2 is 1.71 bits per heavy atom. The number of aromatic nitrogens is 2. The number of amides is 1. The predicted molar refractivity (Wildman–Crippen MR) is 108 cm³/mol. The van der Waals surface area contributed by atoms with E-state index in [9.17, 15) is 9.59 Å².